The summed E-state index contributed by atoms with van der Waals surface area (Å²) in [6.45, 7) is 3.79. The maximum Gasteiger partial charge on any atom is 0.271 e. The van der Waals surface area contributed by atoms with Crippen LogP contribution in [0.3, 0.4) is 0 Å². The third kappa shape index (κ3) is 2.92. The van der Waals surface area contributed by atoms with Gasteiger partial charge in [-0.25, -0.2) is 9.50 Å². The molecule has 0 unspecified atom stereocenters. The molecule has 4 rings (SSSR count). The third-order valence-electron chi connectivity index (χ3n) is 3.69. The highest BCUT2D eigenvalue weighted by Gasteiger charge is 2.06. The number of benzene rings is 1. The number of rotatable bonds is 3. The fourth-order valence-corrected chi connectivity index (χ4v) is 2.67. The Morgan fingerprint density at radius 2 is 2.16 bits per heavy atom. The Labute approximate surface area is 146 Å². The number of nitrogens with one attached hydrogen (secondary N) is 3. The average molecular weight is 353 g/mol. The first-order valence-electron chi connectivity index (χ1n) is 7.44. The Hall–Kier alpha value is -3.32. The van der Waals surface area contributed by atoms with E-state index in [0.717, 1.165) is 5.69 Å². The molecule has 0 saturated heterocycles. The van der Waals surface area contributed by atoms with Crippen LogP contribution < -0.4 is 21.4 Å². The number of aromatic nitrogens is 5. The number of halogens is 1. The van der Waals surface area contributed by atoms with Crippen LogP contribution in [0.2, 0.25) is 5.02 Å². The lowest BCUT2D eigenvalue weighted by atomic mass is 10.2. The van der Waals surface area contributed by atoms with Crippen molar-refractivity contribution in [3.63, 3.8) is 0 Å². The maximum atomic E-state index is 11.8. The second-order valence-electron chi connectivity index (χ2n) is 5.43. The first-order valence-corrected chi connectivity index (χ1v) is 7.82. The van der Waals surface area contributed by atoms with E-state index in [2.05, 4.69) is 32.2 Å². The Kier molecular flexibility index (Phi) is 3.62. The molecule has 0 aliphatic rings. The van der Waals surface area contributed by atoms with Gasteiger partial charge in [0, 0.05) is 22.5 Å². The number of nitrogens with zero attached hydrogens (tertiary/aromatic N) is 3. The maximum absolute atomic E-state index is 11.8. The summed E-state index contributed by atoms with van der Waals surface area (Å²) in [7, 11) is 0. The Bertz CT molecular complexity index is 1210. The molecule has 4 aromatic rings. The van der Waals surface area contributed by atoms with Crippen LogP contribution in [0.25, 0.3) is 18.3 Å². The largest absolute Gasteiger partial charge is 0.340 e. The van der Waals surface area contributed by atoms with Gasteiger partial charge in [-0.3, -0.25) is 15.0 Å². The van der Waals surface area contributed by atoms with Crippen LogP contribution in [-0.2, 0) is 0 Å². The lowest BCUT2D eigenvalue weighted by molar-refractivity contribution is 0.941. The van der Waals surface area contributed by atoms with E-state index in [9.17, 15) is 4.79 Å². The molecular formula is C17H13ClN6O. The van der Waals surface area contributed by atoms with Gasteiger partial charge in [-0.1, -0.05) is 24.2 Å². The van der Waals surface area contributed by atoms with Crippen molar-refractivity contribution >= 4 is 41.4 Å². The smallest absolute Gasteiger partial charge is 0.271 e. The van der Waals surface area contributed by atoms with Gasteiger partial charge in [0.2, 0.25) is 0 Å². The molecule has 0 aliphatic carbocycles. The fraction of sp³-hybridized carbons (Fsp3) is 0. The molecule has 0 fully saturated rings. The summed E-state index contributed by atoms with van der Waals surface area (Å²) in [5.41, 5.74) is 1.92. The number of fused-ring (bicyclic) bond motifs is 1. The summed E-state index contributed by atoms with van der Waals surface area (Å²) in [5, 5.41) is 14.2. The lowest BCUT2D eigenvalue weighted by Crippen LogP contribution is -2.32. The van der Waals surface area contributed by atoms with E-state index in [4.69, 9.17) is 11.6 Å². The summed E-state index contributed by atoms with van der Waals surface area (Å²) in [5.74, 6) is 0.641. The topological polar surface area (TPSA) is 90.9 Å². The quantitative estimate of drug-likeness (QED) is 0.519. The normalized spacial score (nSPS) is 12.0. The molecule has 0 saturated carbocycles. The van der Waals surface area contributed by atoms with Gasteiger partial charge < -0.3 is 5.32 Å². The summed E-state index contributed by atoms with van der Waals surface area (Å²) >= 11 is 6.00. The zero-order valence-electron chi connectivity index (χ0n) is 13.0. The fourth-order valence-electron chi connectivity index (χ4n) is 2.48. The van der Waals surface area contributed by atoms with E-state index in [0.29, 0.717) is 32.6 Å². The molecule has 1 aromatic carbocycles. The first kappa shape index (κ1) is 15.2. The first-order chi connectivity index (χ1) is 12.1. The van der Waals surface area contributed by atoms with E-state index in [-0.39, 0.29) is 5.56 Å². The minimum atomic E-state index is -0.238. The second-order valence-corrected chi connectivity index (χ2v) is 5.87. The predicted molar refractivity (Wildman–Crippen MR) is 97.5 cm³/mol. The van der Waals surface area contributed by atoms with Crippen molar-refractivity contribution in [3.05, 3.63) is 74.2 Å². The van der Waals surface area contributed by atoms with Crippen LogP contribution in [0.15, 0.2) is 47.5 Å². The van der Waals surface area contributed by atoms with Crippen LogP contribution in [0, 0.1) is 0 Å². The number of hydrogen-bond donors (Lipinski definition) is 3. The molecule has 3 heterocycles. The van der Waals surface area contributed by atoms with Crippen molar-refractivity contribution in [2.24, 2.45) is 0 Å². The molecule has 25 heavy (non-hydrogen) atoms. The molecule has 7 nitrogen and oxygen atoms in total. The molecule has 3 N–H and O–H groups in total. The molecular weight excluding hydrogens is 340 g/mol. The molecule has 0 atom stereocenters. The monoisotopic (exact) mass is 352 g/mol. The molecule has 0 spiro atoms. The predicted octanol–water partition coefficient (Wildman–Crippen LogP) is 1.38. The zero-order chi connectivity index (χ0) is 17.4. The van der Waals surface area contributed by atoms with Crippen LogP contribution in [-0.4, -0.2) is 24.8 Å². The standard InChI is InChI=1S/C17H13ClN6O/c1-10-14(17(25)23-22-10)7-11-9-19-24-6-5-15(21-16(11)24)20-13-4-2-3-12(18)8-13/h2-9,22H,1H2,(H,20,21)(H,23,25). The molecule has 0 radical (unpaired) electrons. The Balaban J connectivity index is 1.79. The van der Waals surface area contributed by atoms with E-state index in [1.54, 1.807) is 35.1 Å². The molecule has 3 aromatic heterocycles. The van der Waals surface area contributed by atoms with Gasteiger partial charge in [0.1, 0.15) is 5.82 Å². The second kappa shape index (κ2) is 5.95. The molecule has 124 valence electrons. The van der Waals surface area contributed by atoms with E-state index in [1.807, 2.05) is 18.2 Å². The van der Waals surface area contributed by atoms with E-state index >= 15 is 0 Å². The van der Waals surface area contributed by atoms with Crippen LogP contribution >= 0.6 is 11.6 Å². The van der Waals surface area contributed by atoms with Gasteiger partial charge in [-0.05, 0) is 30.3 Å². The van der Waals surface area contributed by atoms with Crippen molar-refractivity contribution in [2.75, 3.05) is 5.32 Å². The molecule has 0 bridgehead atoms. The van der Waals surface area contributed by atoms with E-state index in [1.165, 1.54) is 0 Å². The minimum absolute atomic E-state index is 0.238. The van der Waals surface area contributed by atoms with Gasteiger partial charge in [0.05, 0.1) is 16.8 Å². The lowest BCUT2D eigenvalue weighted by Gasteiger charge is -2.06. The van der Waals surface area contributed by atoms with Crippen molar-refractivity contribution < 1.29 is 0 Å². The Morgan fingerprint density at radius 3 is 2.92 bits per heavy atom. The Morgan fingerprint density at radius 1 is 1.28 bits per heavy atom. The number of hydrogen-bond acceptors (Lipinski definition) is 4. The highest BCUT2D eigenvalue weighted by Crippen LogP contribution is 2.20. The summed E-state index contributed by atoms with van der Waals surface area (Å²) in [6, 6.07) is 9.18. The highest BCUT2D eigenvalue weighted by molar-refractivity contribution is 6.30. The number of H-pyrrole nitrogens is 2. The van der Waals surface area contributed by atoms with Crippen LogP contribution in [0.4, 0.5) is 11.5 Å². The van der Waals surface area contributed by atoms with Gasteiger partial charge in [0.25, 0.3) is 5.56 Å². The van der Waals surface area contributed by atoms with Crippen molar-refractivity contribution in [2.45, 2.75) is 0 Å². The molecule has 0 aliphatic heterocycles. The summed E-state index contributed by atoms with van der Waals surface area (Å²) < 4.78 is 1.64. The van der Waals surface area contributed by atoms with Gasteiger partial charge in [-0.15, -0.1) is 0 Å². The summed E-state index contributed by atoms with van der Waals surface area (Å²) in [4.78, 5) is 16.4. The van der Waals surface area contributed by atoms with Gasteiger partial charge >= 0.3 is 0 Å². The minimum Gasteiger partial charge on any atom is -0.340 e. The van der Waals surface area contributed by atoms with E-state index < -0.39 is 0 Å². The summed E-state index contributed by atoms with van der Waals surface area (Å²) in [6.07, 6.45) is 5.15. The van der Waals surface area contributed by atoms with Crippen molar-refractivity contribution in [1.29, 1.82) is 0 Å². The zero-order valence-corrected chi connectivity index (χ0v) is 13.7. The average Bonchev–Trinajstić information content (AvgIpc) is 3.13. The number of anilines is 2. The van der Waals surface area contributed by atoms with Gasteiger partial charge in [0.15, 0.2) is 5.65 Å². The molecule has 8 heteroatoms. The van der Waals surface area contributed by atoms with Crippen LogP contribution in [0.1, 0.15) is 5.56 Å². The van der Waals surface area contributed by atoms with Crippen molar-refractivity contribution in [1.82, 2.24) is 24.8 Å². The molecule has 0 amide bonds. The third-order valence-corrected chi connectivity index (χ3v) is 3.93. The number of aromatic amines is 2. The van der Waals surface area contributed by atoms with Gasteiger partial charge in [-0.2, -0.15) is 5.10 Å². The van der Waals surface area contributed by atoms with Crippen molar-refractivity contribution in [3.8, 4) is 0 Å². The SMILES string of the molecule is C=c1[nH][nH]c(=O)c1=Cc1cnn2ccc(Nc3cccc(Cl)c3)nc12. The highest BCUT2D eigenvalue weighted by atomic mass is 35.5. The van der Waals surface area contributed by atoms with Crippen LogP contribution in [0.5, 0.6) is 0 Å².